The van der Waals surface area contributed by atoms with Crippen LogP contribution in [0.1, 0.15) is 29.1 Å². The van der Waals surface area contributed by atoms with Crippen molar-refractivity contribution < 1.29 is 4.79 Å². The number of hydrogen-bond acceptors (Lipinski definition) is 5. The van der Waals surface area contributed by atoms with E-state index in [9.17, 15) is 4.79 Å². The van der Waals surface area contributed by atoms with E-state index < -0.39 is 0 Å². The highest BCUT2D eigenvalue weighted by Crippen LogP contribution is 2.14. The number of likely N-dealkylation sites (tertiary alicyclic amines) is 1. The van der Waals surface area contributed by atoms with Gasteiger partial charge in [0.15, 0.2) is 0 Å². The maximum atomic E-state index is 12.2. The largest absolute Gasteiger partial charge is 0.353 e. The van der Waals surface area contributed by atoms with Crippen molar-refractivity contribution in [1.29, 1.82) is 0 Å². The lowest BCUT2D eigenvalue weighted by molar-refractivity contribution is -0.121. The van der Waals surface area contributed by atoms with Gasteiger partial charge in [0.2, 0.25) is 5.91 Å². The zero-order chi connectivity index (χ0) is 16.8. The van der Waals surface area contributed by atoms with Crippen LogP contribution in [0.3, 0.4) is 0 Å². The fourth-order valence-corrected chi connectivity index (χ4v) is 3.72. The average Bonchev–Trinajstić information content (AvgIpc) is 3.05. The second-order valence-corrected chi connectivity index (χ2v) is 7.16. The third kappa shape index (κ3) is 4.87. The maximum absolute atomic E-state index is 12.2. The molecule has 128 valence electrons. The number of nitrogens with two attached hydrogens (primary N) is 1. The van der Waals surface area contributed by atoms with Gasteiger partial charge in [-0.15, -0.1) is 11.3 Å². The molecule has 24 heavy (non-hydrogen) atoms. The minimum absolute atomic E-state index is 0.0605. The number of hydrogen-bond donors (Lipinski definition) is 2. The summed E-state index contributed by atoms with van der Waals surface area (Å²) in [5.41, 5.74) is 7.72. The van der Waals surface area contributed by atoms with Crippen LogP contribution in [-0.2, 0) is 24.3 Å². The van der Waals surface area contributed by atoms with E-state index >= 15 is 0 Å². The van der Waals surface area contributed by atoms with Crippen molar-refractivity contribution in [2.24, 2.45) is 5.73 Å². The Hall–Kier alpha value is -1.76. The van der Waals surface area contributed by atoms with E-state index in [4.69, 9.17) is 5.73 Å². The predicted octanol–water partition coefficient (Wildman–Crippen LogP) is 1.93. The average molecular weight is 344 g/mol. The van der Waals surface area contributed by atoms with E-state index in [1.54, 1.807) is 0 Å². The van der Waals surface area contributed by atoms with Gasteiger partial charge < -0.3 is 11.1 Å². The molecule has 5 nitrogen and oxygen atoms in total. The SMILES string of the molecule is NCc1nc(CC(=O)NC2CCN(Cc3ccccc3)CC2)cs1. The van der Waals surface area contributed by atoms with Crippen LogP contribution in [0.5, 0.6) is 0 Å². The smallest absolute Gasteiger partial charge is 0.226 e. The summed E-state index contributed by atoms with van der Waals surface area (Å²) < 4.78 is 0. The molecule has 3 N–H and O–H groups in total. The Morgan fingerprint density at radius 1 is 1.29 bits per heavy atom. The Bertz CT molecular complexity index is 650. The van der Waals surface area contributed by atoms with E-state index in [1.807, 2.05) is 11.4 Å². The van der Waals surface area contributed by atoms with E-state index in [1.165, 1.54) is 16.9 Å². The highest BCUT2D eigenvalue weighted by Gasteiger charge is 2.21. The lowest BCUT2D eigenvalue weighted by Gasteiger charge is -2.32. The number of nitrogens with zero attached hydrogens (tertiary/aromatic N) is 2. The second-order valence-electron chi connectivity index (χ2n) is 6.22. The molecule has 0 bridgehead atoms. The second kappa shape index (κ2) is 8.37. The highest BCUT2D eigenvalue weighted by atomic mass is 32.1. The quantitative estimate of drug-likeness (QED) is 0.840. The van der Waals surface area contributed by atoms with Gasteiger partial charge in [-0.25, -0.2) is 4.98 Å². The predicted molar refractivity (Wildman–Crippen MR) is 96.6 cm³/mol. The van der Waals surface area contributed by atoms with Crippen LogP contribution >= 0.6 is 11.3 Å². The summed E-state index contributed by atoms with van der Waals surface area (Å²) in [5, 5.41) is 5.95. The van der Waals surface area contributed by atoms with E-state index in [0.29, 0.717) is 13.0 Å². The van der Waals surface area contributed by atoms with Gasteiger partial charge in [-0.1, -0.05) is 30.3 Å². The summed E-state index contributed by atoms with van der Waals surface area (Å²) in [6, 6.07) is 10.8. The minimum atomic E-state index is 0.0605. The third-order valence-corrected chi connectivity index (χ3v) is 5.24. The topological polar surface area (TPSA) is 71.2 Å². The molecular formula is C18H24N4OS. The van der Waals surface area contributed by atoms with Gasteiger partial charge in [-0.2, -0.15) is 0 Å². The summed E-state index contributed by atoms with van der Waals surface area (Å²) in [6.45, 7) is 3.47. The molecule has 6 heteroatoms. The molecule has 1 aromatic heterocycles. The van der Waals surface area contributed by atoms with Gasteiger partial charge in [-0.3, -0.25) is 9.69 Å². The molecule has 1 aromatic carbocycles. The molecule has 0 aliphatic carbocycles. The number of thiazole rings is 1. The zero-order valence-corrected chi connectivity index (χ0v) is 14.6. The van der Waals surface area contributed by atoms with Crippen molar-refractivity contribution in [2.45, 2.75) is 38.4 Å². The number of rotatable bonds is 6. The number of piperidine rings is 1. The molecule has 1 saturated heterocycles. The maximum Gasteiger partial charge on any atom is 0.226 e. The van der Waals surface area contributed by atoms with Gasteiger partial charge in [0.05, 0.1) is 12.1 Å². The van der Waals surface area contributed by atoms with Crippen molar-refractivity contribution in [3.63, 3.8) is 0 Å². The Morgan fingerprint density at radius 3 is 2.71 bits per heavy atom. The number of amides is 1. The molecular weight excluding hydrogens is 320 g/mol. The Labute approximate surface area is 146 Å². The fraction of sp³-hybridized carbons (Fsp3) is 0.444. The lowest BCUT2D eigenvalue weighted by atomic mass is 10.0. The van der Waals surface area contributed by atoms with Gasteiger partial charge >= 0.3 is 0 Å². The first-order valence-corrected chi connectivity index (χ1v) is 9.30. The van der Waals surface area contributed by atoms with Crippen molar-refractivity contribution in [3.05, 3.63) is 52.0 Å². The first kappa shape index (κ1) is 17.1. The number of carbonyl (C=O) groups is 1. The van der Waals surface area contributed by atoms with Crippen LogP contribution in [0, 0.1) is 0 Å². The number of carbonyl (C=O) groups excluding carboxylic acids is 1. The Kier molecular flexibility index (Phi) is 5.96. The third-order valence-electron chi connectivity index (χ3n) is 4.32. The van der Waals surface area contributed by atoms with Gasteiger partial charge in [0.1, 0.15) is 5.01 Å². The molecule has 1 aliphatic rings. The summed E-state index contributed by atoms with van der Waals surface area (Å²) >= 11 is 1.52. The van der Waals surface area contributed by atoms with Crippen molar-refractivity contribution in [3.8, 4) is 0 Å². The Balaban J connectivity index is 1.41. The minimum Gasteiger partial charge on any atom is -0.353 e. The zero-order valence-electron chi connectivity index (χ0n) is 13.8. The molecule has 0 atom stereocenters. The van der Waals surface area contributed by atoms with Gasteiger partial charge in [0.25, 0.3) is 0 Å². The molecule has 1 fully saturated rings. The Morgan fingerprint density at radius 2 is 2.04 bits per heavy atom. The van der Waals surface area contributed by atoms with Gasteiger partial charge in [0, 0.05) is 37.6 Å². The molecule has 0 spiro atoms. The standard InChI is InChI=1S/C18H24N4OS/c19-11-18-21-16(13-24-18)10-17(23)20-15-6-8-22(9-7-15)12-14-4-2-1-3-5-14/h1-5,13,15H,6-12,19H2,(H,20,23). The number of aromatic nitrogens is 1. The molecule has 1 aliphatic heterocycles. The van der Waals surface area contributed by atoms with Crippen LogP contribution in [0.15, 0.2) is 35.7 Å². The van der Waals surface area contributed by atoms with Crippen LogP contribution < -0.4 is 11.1 Å². The first-order chi connectivity index (χ1) is 11.7. The molecule has 2 heterocycles. The summed E-state index contributed by atoms with van der Waals surface area (Å²) in [5.74, 6) is 0.0605. The van der Waals surface area contributed by atoms with Crippen molar-refractivity contribution >= 4 is 17.2 Å². The van der Waals surface area contributed by atoms with Crippen molar-refractivity contribution in [1.82, 2.24) is 15.2 Å². The monoisotopic (exact) mass is 344 g/mol. The molecule has 3 rings (SSSR count). The lowest BCUT2D eigenvalue weighted by Crippen LogP contribution is -2.44. The molecule has 2 aromatic rings. The summed E-state index contributed by atoms with van der Waals surface area (Å²) in [6.07, 6.45) is 2.36. The highest BCUT2D eigenvalue weighted by molar-refractivity contribution is 7.09. The molecule has 0 unspecified atom stereocenters. The summed E-state index contributed by atoms with van der Waals surface area (Å²) in [7, 11) is 0. The van der Waals surface area contributed by atoms with Crippen LogP contribution in [0.25, 0.3) is 0 Å². The first-order valence-electron chi connectivity index (χ1n) is 8.42. The molecule has 0 saturated carbocycles. The van der Waals surface area contributed by atoms with Crippen LogP contribution in [-0.4, -0.2) is 34.9 Å². The van der Waals surface area contributed by atoms with Crippen LogP contribution in [0.2, 0.25) is 0 Å². The molecule has 1 amide bonds. The summed E-state index contributed by atoms with van der Waals surface area (Å²) in [4.78, 5) is 19.0. The van der Waals surface area contributed by atoms with E-state index in [2.05, 4.69) is 39.5 Å². The number of nitrogens with one attached hydrogen (secondary N) is 1. The van der Waals surface area contributed by atoms with Crippen molar-refractivity contribution in [2.75, 3.05) is 13.1 Å². The van der Waals surface area contributed by atoms with E-state index in [0.717, 1.165) is 43.2 Å². The fourth-order valence-electron chi connectivity index (χ4n) is 3.04. The number of benzene rings is 1. The normalized spacial score (nSPS) is 16.2. The van der Waals surface area contributed by atoms with Gasteiger partial charge in [-0.05, 0) is 18.4 Å². The van der Waals surface area contributed by atoms with Crippen LogP contribution in [0.4, 0.5) is 0 Å². The molecule has 0 radical (unpaired) electrons. The van der Waals surface area contributed by atoms with E-state index in [-0.39, 0.29) is 11.9 Å².